The van der Waals surface area contributed by atoms with Crippen molar-refractivity contribution in [2.45, 2.75) is 59.8 Å². The van der Waals surface area contributed by atoms with Crippen LogP contribution < -0.4 is 10.6 Å². The van der Waals surface area contributed by atoms with Gasteiger partial charge in [0.2, 0.25) is 0 Å². The Labute approximate surface area is 235 Å². The van der Waals surface area contributed by atoms with Crippen LogP contribution in [-0.2, 0) is 6.42 Å². The van der Waals surface area contributed by atoms with Crippen LogP contribution in [0.25, 0.3) is 11.3 Å². The van der Waals surface area contributed by atoms with Crippen molar-refractivity contribution in [2.24, 2.45) is 0 Å². The van der Waals surface area contributed by atoms with Gasteiger partial charge in [0, 0.05) is 60.4 Å². The van der Waals surface area contributed by atoms with Gasteiger partial charge in [-0.05, 0) is 102 Å². The Morgan fingerprint density at radius 3 is 2.53 bits per heavy atom. The van der Waals surface area contributed by atoms with Gasteiger partial charge in [0.1, 0.15) is 0 Å². The molecule has 4 nitrogen and oxygen atoms in total. The lowest BCUT2D eigenvalue weighted by Gasteiger charge is -2.30. The molecule has 4 rings (SSSR count). The molecule has 1 aromatic carbocycles. The SMILES string of the molecule is C/C=C(/NCCCN1CCC(=C2C(C)=C(C)CCc3cccnc32)CC1)c1ccc(Cl)cc1NC.C=CC. The van der Waals surface area contributed by atoms with Gasteiger partial charge in [-0.3, -0.25) is 4.98 Å². The van der Waals surface area contributed by atoms with E-state index in [1.54, 1.807) is 11.6 Å². The van der Waals surface area contributed by atoms with Crippen LogP contribution in [0, 0.1) is 0 Å². The Bertz CT molecular complexity index is 1180. The summed E-state index contributed by atoms with van der Waals surface area (Å²) in [4.78, 5) is 7.45. The fourth-order valence-electron chi connectivity index (χ4n) is 5.33. The Balaban J connectivity index is 0.00000127. The van der Waals surface area contributed by atoms with Crippen molar-refractivity contribution in [2.75, 3.05) is 38.5 Å². The predicted molar refractivity (Wildman–Crippen MR) is 167 cm³/mol. The predicted octanol–water partition coefficient (Wildman–Crippen LogP) is 8.14. The number of hydrogen-bond acceptors (Lipinski definition) is 4. The van der Waals surface area contributed by atoms with E-state index in [-0.39, 0.29) is 0 Å². The van der Waals surface area contributed by atoms with Gasteiger partial charge in [0.25, 0.3) is 0 Å². The van der Waals surface area contributed by atoms with Crippen LogP contribution in [0.2, 0.25) is 5.02 Å². The summed E-state index contributed by atoms with van der Waals surface area (Å²) in [5.41, 5.74) is 12.0. The highest BCUT2D eigenvalue weighted by Crippen LogP contribution is 2.37. The van der Waals surface area contributed by atoms with Gasteiger partial charge in [-0.1, -0.05) is 41.0 Å². The van der Waals surface area contributed by atoms with E-state index >= 15 is 0 Å². The van der Waals surface area contributed by atoms with Gasteiger partial charge in [0.15, 0.2) is 0 Å². The smallest absolute Gasteiger partial charge is 0.0736 e. The Hall–Kier alpha value is -2.82. The number of hydrogen-bond donors (Lipinski definition) is 2. The van der Waals surface area contributed by atoms with Gasteiger partial charge in [0.05, 0.1) is 5.69 Å². The zero-order valence-corrected chi connectivity index (χ0v) is 24.7. The first-order chi connectivity index (χ1) is 18.4. The fourth-order valence-corrected chi connectivity index (χ4v) is 5.50. The molecule has 0 saturated carbocycles. The molecular weight excluding hydrogens is 488 g/mol. The number of anilines is 1. The molecule has 1 saturated heterocycles. The normalized spacial score (nSPS) is 16.3. The number of allylic oxidation sites excluding steroid dienone is 5. The van der Waals surface area contributed by atoms with E-state index < -0.39 is 0 Å². The first kappa shape index (κ1) is 29.7. The Kier molecular flexibility index (Phi) is 11.7. The van der Waals surface area contributed by atoms with Crippen LogP contribution in [0.5, 0.6) is 0 Å². The summed E-state index contributed by atoms with van der Waals surface area (Å²) < 4.78 is 0. The van der Waals surface area contributed by atoms with E-state index in [4.69, 9.17) is 16.6 Å². The molecule has 2 heterocycles. The quantitative estimate of drug-likeness (QED) is 0.279. The van der Waals surface area contributed by atoms with Crippen LogP contribution in [0.3, 0.4) is 0 Å². The van der Waals surface area contributed by atoms with Crippen LogP contribution in [0.15, 0.2) is 72.0 Å². The zero-order chi connectivity index (χ0) is 27.5. The number of likely N-dealkylation sites (tertiary alicyclic amines) is 1. The number of nitrogens with zero attached hydrogens (tertiary/aromatic N) is 2. The molecule has 204 valence electrons. The fraction of sp³-hybridized carbons (Fsp3) is 0.424. The number of benzene rings is 1. The highest BCUT2D eigenvalue weighted by Gasteiger charge is 2.23. The van der Waals surface area contributed by atoms with Gasteiger partial charge in [-0.15, -0.1) is 6.58 Å². The van der Waals surface area contributed by atoms with Crippen LogP contribution >= 0.6 is 11.6 Å². The van der Waals surface area contributed by atoms with E-state index in [9.17, 15) is 0 Å². The highest BCUT2D eigenvalue weighted by molar-refractivity contribution is 6.31. The van der Waals surface area contributed by atoms with Crippen molar-refractivity contribution < 1.29 is 0 Å². The average Bonchev–Trinajstić information content (AvgIpc) is 3.06. The Morgan fingerprint density at radius 1 is 1.11 bits per heavy atom. The first-order valence-corrected chi connectivity index (χ1v) is 14.3. The van der Waals surface area contributed by atoms with Gasteiger partial charge >= 0.3 is 0 Å². The van der Waals surface area contributed by atoms with E-state index in [1.165, 1.54) is 28.0 Å². The van der Waals surface area contributed by atoms with Crippen molar-refractivity contribution in [3.63, 3.8) is 0 Å². The summed E-state index contributed by atoms with van der Waals surface area (Å²) >= 11 is 6.17. The van der Waals surface area contributed by atoms with E-state index in [1.807, 2.05) is 32.3 Å². The summed E-state index contributed by atoms with van der Waals surface area (Å²) in [5, 5.41) is 7.64. The number of aryl methyl sites for hydroxylation is 1. The monoisotopic (exact) mass is 532 g/mol. The number of pyridine rings is 1. The maximum Gasteiger partial charge on any atom is 0.0736 e. The topological polar surface area (TPSA) is 40.2 Å². The molecule has 2 N–H and O–H groups in total. The number of rotatable bonds is 7. The molecule has 1 aliphatic heterocycles. The number of nitrogens with one attached hydrogen (secondary N) is 2. The molecule has 5 heteroatoms. The third kappa shape index (κ3) is 7.61. The van der Waals surface area contributed by atoms with Crippen LogP contribution in [0.4, 0.5) is 5.69 Å². The van der Waals surface area contributed by atoms with Crippen molar-refractivity contribution in [1.82, 2.24) is 15.2 Å². The van der Waals surface area contributed by atoms with Crippen LogP contribution in [0.1, 0.15) is 70.2 Å². The summed E-state index contributed by atoms with van der Waals surface area (Å²) in [6.45, 7) is 16.3. The largest absolute Gasteiger partial charge is 0.388 e. The minimum atomic E-state index is 0.747. The molecule has 2 aliphatic rings. The maximum absolute atomic E-state index is 6.17. The summed E-state index contributed by atoms with van der Waals surface area (Å²) in [6.07, 6.45) is 11.5. The number of piperidine rings is 1. The van der Waals surface area contributed by atoms with Gasteiger partial charge in [-0.25, -0.2) is 0 Å². The number of fused-ring (bicyclic) bond motifs is 1. The van der Waals surface area contributed by atoms with E-state index in [0.717, 1.165) is 80.3 Å². The third-order valence-corrected chi connectivity index (χ3v) is 7.76. The van der Waals surface area contributed by atoms with Gasteiger partial charge in [-0.2, -0.15) is 0 Å². The molecule has 1 fully saturated rings. The van der Waals surface area contributed by atoms with E-state index in [0.29, 0.717) is 0 Å². The summed E-state index contributed by atoms with van der Waals surface area (Å²) in [6, 6.07) is 10.3. The third-order valence-electron chi connectivity index (χ3n) is 7.52. The van der Waals surface area contributed by atoms with E-state index in [2.05, 4.69) is 67.2 Å². The highest BCUT2D eigenvalue weighted by atomic mass is 35.5. The minimum absolute atomic E-state index is 0.747. The molecule has 0 radical (unpaired) electrons. The Morgan fingerprint density at radius 2 is 1.84 bits per heavy atom. The summed E-state index contributed by atoms with van der Waals surface area (Å²) in [7, 11) is 1.94. The number of halogens is 1. The van der Waals surface area contributed by atoms with Crippen molar-refractivity contribution >= 4 is 28.6 Å². The number of aromatic nitrogens is 1. The zero-order valence-electron chi connectivity index (χ0n) is 24.0. The maximum atomic E-state index is 6.17. The van der Waals surface area contributed by atoms with Crippen molar-refractivity contribution in [3.05, 3.63) is 93.8 Å². The molecule has 38 heavy (non-hydrogen) atoms. The summed E-state index contributed by atoms with van der Waals surface area (Å²) in [5.74, 6) is 0. The minimum Gasteiger partial charge on any atom is -0.388 e. The molecular formula is C33H45ClN4. The van der Waals surface area contributed by atoms with Crippen molar-refractivity contribution in [1.29, 1.82) is 0 Å². The standard InChI is InChI=1S/C30H39ClN4.C3H6/c1-5-27(26-12-11-25(31)20-28(26)32-4)33-16-7-17-35-18-13-23(14-19-35)29-22(3)21(2)9-10-24-8-6-15-34-30(24)29;1-3-2/h5-6,8,11-12,15,20,32-33H,7,9-10,13-14,16-19H2,1-4H3;3H,1H2,2H3/b27-5+;. The molecule has 0 spiro atoms. The van der Waals surface area contributed by atoms with Crippen molar-refractivity contribution in [3.8, 4) is 0 Å². The first-order valence-electron chi connectivity index (χ1n) is 13.9. The molecule has 2 aromatic rings. The molecule has 0 atom stereocenters. The second kappa shape index (κ2) is 14.9. The second-order valence-electron chi connectivity index (χ2n) is 10.1. The second-order valence-corrected chi connectivity index (χ2v) is 10.5. The molecule has 0 unspecified atom stereocenters. The van der Waals surface area contributed by atoms with Gasteiger partial charge < -0.3 is 15.5 Å². The molecule has 1 aliphatic carbocycles. The average molecular weight is 533 g/mol. The lowest BCUT2D eigenvalue weighted by atomic mass is 9.89. The van der Waals surface area contributed by atoms with Crippen LogP contribution in [-0.4, -0.2) is 43.1 Å². The molecule has 1 aromatic heterocycles. The lowest BCUT2D eigenvalue weighted by molar-refractivity contribution is 0.254. The lowest BCUT2D eigenvalue weighted by Crippen LogP contribution is -2.33. The molecule has 0 amide bonds. The molecule has 0 bridgehead atoms.